The van der Waals surface area contributed by atoms with Gasteiger partial charge in [0.2, 0.25) is 0 Å². The van der Waals surface area contributed by atoms with Gasteiger partial charge in [-0.1, -0.05) is 42.4 Å². The fraction of sp³-hybridized carbons (Fsp3) is 0.421. The van der Waals surface area contributed by atoms with E-state index < -0.39 is 0 Å². The van der Waals surface area contributed by atoms with E-state index in [1.807, 2.05) is 25.1 Å². The van der Waals surface area contributed by atoms with Gasteiger partial charge in [-0.25, -0.2) is 9.78 Å². The summed E-state index contributed by atoms with van der Waals surface area (Å²) in [5.74, 6) is -0.483. The number of hydrogen-bond acceptors (Lipinski definition) is 5. The number of carbonyl (C=O) groups excluding carboxylic acids is 2. The highest BCUT2D eigenvalue weighted by molar-refractivity contribution is 7.17. The van der Waals surface area contributed by atoms with E-state index in [4.69, 9.17) is 4.74 Å². The largest absolute Gasteiger partial charge is 0.462 e. The van der Waals surface area contributed by atoms with Crippen LogP contribution in [0.15, 0.2) is 24.3 Å². The van der Waals surface area contributed by atoms with E-state index in [0.29, 0.717) is 34.4 Å². The molecule has 0 spiro atoms. The lowest BCUT2D eigenvalue weighted by atomic mass is 10.1. The Morgan fingerprint density at radius 1 is 1.24 bits per heavy atom. The van der Waals surface area contributed by atoms with Gasteiger partial charge in [0.25, 0.3) is 5.91 Å². The maximum atomic E-state index is 13.0. The van der Waals surface area contributed by atoms with E-state index in [0.717, 1.165) is 18.4 Å². The summed E-state index contributed by atoms with van der Waals surface area (Å²) < 4.78 is 5.07. The standard InChI is InChI=1S/C19H24N2O3S/c1-5-7-11-21(17(22)15-10-8-9-13(3)12-15)19-20-14(4)16(25-19)18(23)24-6-2/h8-10,12H,5-7,11H2,1-4H3. The Balaban J connectivity index is 2.36. The van der Waals surface area contributed by atoms with Gasteiger partial charge in [-0.3, -0.25) is 9.69 Å². The number of nitrogens with zero attached hydrogens (tertiary/aromatic N) is 2. The lowest BCUT2D eigenvalue weighted by Gasteiger charge is -2.20. The molecule has 1 aromatic carbocycles. The second-order valence-electron chi connectivity index (χ2n) is 5.81. The average molecular weight is 360 g/mol. The molecule has 1 heterocycles. The van der Waals surface area contributed by atoms with Crippen molar-refractivity contribution in [3.05, 3.63) is 46.0 Å². The van der Waals surface area contributed by atoms with Gasteiger partial charge in [-0.05, 0) is 39.3 Å². The summed E-state index contributed by atoms with van der Waals surface area (Å²) in [6.07, 6.45) is 1.83. The molecule has 5 nitrogen and oxygen atoms in total. The molecule has 0 saturated carbocycles. The number of thiazole rings is 1. The molecule has 0 aliphatic carbocycles. The second-order valence-corrected chi connectivity index (χ2v) is 6.79. The van der Waals surface area contributed by atoms with Crippen molar-refractivity contribution in [1.29, 1.82) is 0 Å². The number of benzene rings is 1. The number of anilines is 1. The minimum Gasteiger partial charge on any atom is -0.462 e. The third kappa shape index (κ3) is 4.66. The quantitative estimate of drug-likeness (QED) is 0.687. The third-order valence-corrected chi connectivity index (χ3v) is 4.88. The predicted molar refractivity (Wildman–Crippen MR) is 101 cm³/mol. The molecule has 0 bridgehead atoms. The lowest BCUT2D eigenvalue weighted by molar-refractivity contribution is 0.0531. The predicted octanol–water partition coefficient (Wildman–Crippen LogP) is 4.38. The summed E-state index contributed by atoms with van der Waals surface area (Å²) in [6, 6.07) is 7.51. The lowest BCUT2D eigenvalue weighted by Crippen LogP contribution is -2.31. The summed E-state index contributed by atoms with van der Waals surface area (Å²) in [5.41, 5.74) is 2.25. The molecule has 0 fully saturated rings. The fourth-order valence-electron chi connectivity index (χ4n) is 2.42. The third-order valence-electron chi connectivity index (χ3n) is 3.72. The van der Waals surface area contributed by atoms with Crippen molar-refractivity contribution in [3.8, 4) is 0 Å². The number of esters is 1. The Labute approximate surface area is 152 Å². The SMILES string of the molecule is CCCCN(C(=O)c1cccc(C)c1)c1nc(C)c(C(=O)OCC)s1. The number of ether oxygens (including phenoxy) is 1. The molecule has 0 N–H and O–H groups in total. The molecule has 0 saturated heterocycles. The Morgan fingerprint density at radius 3 is 2.64 bits per heavy atom. The first-order chi connectivity index (χ1) is 12.0. The van der Waals surface area contributed by atoms with Crippen molar-refractivity contribution in [2.24, 2.45) is 0 Å². The number of rotatable bonds is 7. The van der Waals surface area contributed by atoms with E-state index in [-0.39, 0.29) is 11.9 Å². The fourth-order valence-corrected chi connectivity index (χ4v) is 3.40. The molecule has 0 atom stereocenters. The molecular weight excluding hydrogens is 336 g/mol. The highest BCUT2D eigenvalue weighted by Gasteiger charge is 2.24. The second kappa shape index (κ2) is 8.76. The molecular formula is C19H24N2O3S. The number of aryl methyl sites for hydroxylation is 2. The number of aromatic nitrogens is 1. The van der Waals surface area contributed by atoms with Crippen LogP contribution in [-0.2, 0) is 4.74 Å². The van der Waals surface area contributed by atoms with Crippen molar-refractivity contribution < 1.29 is 14.3 Å². The minimum atomic E-state index is -0.387. The van der Waals surface area contributed by atoms with Crippen LogP contribution in [0.2, 0.25) is 0 Å². The number of carbonyl (C=O) groups is 2. The molecule has 0 radical (unpaired) electrons. The summed E-state index contributed by atoms with van der Waals surface area (Å²) in [4.78, 5) is 31.6. The Hall–Kier alpha value is -2.21. The van der Waals surface area contributed by atoms with Crippen LogP contribution >= 0.6 is 11.3 Å². The van der Waals surface area contributed by atoms with Gasteiger partial charge >= 0.3 is 5.97 Å². The van der Waals surface area contributed by atoms with Gasteiger partial charge in [-0.2, -0.15) is 0 Å². The molecule has 134 valence electrons. The molecule has 2 aromatic rings. The summed E-state index contributed by atoms with van der Waals surface area (Å²) in [7, 11) is 0. The Kier molecular flexibility index (Phi) is 6.70. The molecule has 0 aliphatic heterocycles. The zero-order valence-electron chi connectivity index (χ0n) is 15.2. The van der Waals surface area contributed by atoms with Crippen molar-refractivity contribution in [2.75, 3.05) is 18.1 Å². The average Bonchev–Trinajstić information content (AvgIpc) is 2.97. The van der Waals surface area contributed by atoms with Crippen molar-refractivity contribution in [2.45, 2.75) is 40.5 Å². The number of hydrogen-bond donors (Lipinski definition) is 0. The van der Waals surface area contributed by atoms with Crippen LogP contribution in [0.25, 0.3) is 0 Å². The number of amides is 1. The summed E-state index contributed by atoms with van der Waals surface area (Å²) >= 11 is 1.21. The van der Waals surface area contributed by atoms with E-state index in [1.165, 1.54) is 11.3 Å². The highest BCUT2D eigenvalue weighted by atomic mass is 32.1. The first-order valence-electron chi connectivity index (χ1n) is 8.51. The Morgan fingerprint density at radius 2 is 2.00 bits per heavy atom. The zero-order chi connectivity index (χ0) is 18.4. The van der Waals surface area contributed by atoms with Crippen molar-refractivity contribution >= 4 is 28.3 Å². The molecule has 25 heavy (non-hydrogen) atoms. The smallest absolute Gasteiger partial charge is 0.350 e. The maximum absolute atomic E-state index is 13.0. The van der Waals surface area contributed by atoms with Crippen molar-refractivity contribution in [1.82, 2.24) is 4.98 Å². The minimum absolute atomic E-state index is 0.0960. The highest BCUT2D eigenvalue weighted by Crippen LogP contribution is 2.28. The van der Waals surface area contributed by atoms with Crippen LogP contribution < -0.4 is 4.90 Å². The van der Waals surface area contributed by atoms with E-state index in [2.05, 4.69) is 11.9 Å². The van der Waals surface area contributed by atoms with E-state index in [1.54, 1.807) is 24.8 Å². The molecule has 1 aromatic heterocycles. The summed E-state index contributed by atoms with van der Waals surface area (Å²) in [5, 5.41) is 0.542. The van der Waals surface area contributed by atoms with Gasteiger partial charge < -0.3 is 4.74 Å². The van der Waals surface area contributed by atoms with Gasteiger partial charge in [0.15, 0.2) is 5.13 Å². The van der Waals surface area contributed by atoms with Gasteiger partial charge in [0, 0.05) is 12.1 Å². The van der Waals surface area contributed by atoms with E-state index in [9.17, 15) is 9.59 Å². The first kappa shape index (κ1) is 19.1. The number of unbranched alkanes of at least 4 members (excludes halogenated alkanes) is 1. The Bertz CT molecular complexity index is 755. The molecule has 1 amide bonds. The maximum Gasteiger partial charge on any atom is 0.350 e. The molecule has 0 unspecified atom stereocenters. The van der Waals surface area contributed by atoms with Gasteiger partial charge in [0.05, 0.1) is 12.3 Å². The summed E-state index contributed by atoms with van der Waals surface area (Å²) in [6.45, 7) is 8.45. The van der Waals surface area contributed by atoms with Gasteiger partial charge in [-0.15, -0.1) is 0 Å². The van der Waals surface area contributed by atoms with Crippen molar-refractivity contribution in [3.63, 3.8) is 0 Å². The zero-order valence-corrected chi connectivity index (χ0v) is 16.0. The molecule has 2 rings (SSSR count). The first-order valence-corrected chi connectivity index (χ1v) is 9.32. The monoisotopic (exact) mass is 360 g/mol. The van der Waals surface area contributed by atoms with Crippen LogP contribution in [-0.4, -0.2) is 30.0 Å². The van der Waals surface area contributed by atoms with Gasteiger partial charge in [0.1, 0.15) is 4.88 Å². The molecule has 0 aliphatic rings. The van der Waals surface area contributed by atoms with E-state index >= 15 is 0 Å². The molecule has 6 heteroatoms. The topological polar surface area (TPSA) is 59.5 Å². The van der Waals surface area contributed by atoms with Crippen LogP contribution in [0, 0.1) is 13.8 Å². The van der Waals surface area contributed by atoms with Crippen LogP contribution in [0.5, 0.6) is 0 Å². The normalized spacial score (nSPS) is 10.6. The van der Waals surface area contributed by atoms with Crippen LogP contribution in [0.1, 0.15) is 58.0 Å². The van der Waals surface area contributed by atoms with Crippen LogP contribution in [0.4, 0.5) is 5.13 Å². The van der Waals surface area contributed by atoms with Crippen LogP contribution in [0.3, 0.4) is 0 Å².